The van der Waals surface area contributed by atoms with Gasteiger partial charge in [0.2, 0.25) is 0 Å². The number of anilines is 2. The molecule has 0 aliphatic rings. The lowest BCUT2D eigenvalue weighted by Crippen LogP contribution is -2.13. The van der Waals surface area contributed by atoms with Crippen molar-refractivity contribution in [1.29, 1.82) is 0 Å². The Morgan fingerprint density at radius 2 is 1.88 bits per heavy atom. The zero-order valence-electron chi connectivity index (χ0n) is 9.73. The monoisotopic (exact) mass is 230 g/mol. The molecule has 3 heteroatoms. The third-order valence-corrected chi connectivity index (χ3v) is 2.77. The van der Waals surface area contributed by atoms with Crippen LogP contribution in [-0.4, -0.2) is 7.05 Å². The van der Waals surface area contributed by atoms with Gasteiger partial charge in [0.15, 0.2) is 0 Å². The fourth-order valence-electron chi connectivity index (χ4n) is 1.83. The van der Waals surface area contributed by atoms with E-state index in [-0.39, 0.29) is 5.82 Å². The number of benzene rings is 2. The summed E-state index contributed by atoms with van der Waals surface area (Å²) >= 11 is 0. The van der Waals surface area contributed by atoms with Crippen LogP contribution >= 0.6 is 0 Å². The predicted octanol–water partition coefficient (Wildman–Crippen LogP) is 3.05. The maximum absolute atomic E-state index is 13.2. The van der Waals surface area contributed by atoms with E-state index in [9.17, 15) is 4.39 Å². The molecule has 0 aromatic heterocycles. The van der Waals surface area contributed by atoms with Crippen LogP contribution in [0.15, 0.2) is 48.5 Å². The summed E-state index contributed by atoms with van der Waals surface area (Å²) in [7, 11) is 1.91. The first kappa shape index (κ1) is 11.6. The van der Waals surface area contributed by atoms with E-state index in [4.69, 9.17) is 5.73 Å². The summed E-state index contributed by atoms with van der Waals surface area (Å²) in [6.45, 7) is 0.468. The van der Waals surface area contributed by atoms with Crippen molar-refractivity contribution in [2.75, 3.05) is 11.9 Å². The summed E-state index contributed by atoms with van der Waals surface area (Å²) in [4.78, 5) is 1.94. The Morgan fingerprint density at radius 3 is 2.59 bits per heavy atom. The van der Waals surface area contributed by atoms with Gasteiger partial charge < -0.3 is 10.6 Å². The van der Waals surface area contributed by atoms with Gasteiger partial charge in [0.25, 0.3) is 0 Å². The number of hydrogen-bond donors (Lipinski definition) is 1. The smallest absolute Gasteiger partial charge is 0.125 e. The average Bonchev–Trinajstić information content (AvgIpc) is 2.38. The molecule has 2 N–H and O–H groups in total. The Labute approximate surface area is 100 Å². The summed E-state index contributed by atoms with van der Waals surface area (Å²) in [5.41, 5.74) is 8.55. The Kier molecular flexibility index (Phi) is 3.40. The molecule has 2 aromatic rings. The Morgan fingerprint density at radius 1 is 1.12 bits per heavy atom. The van der Waals surface area contributed by atoms with Crippen LogP contribution in [0.1, 0.15) is 5.56 Å². The van der Waals surface area contributed by atoms with Crippen molar-refractivity contribution in [2.45, 2.75) is 6.54 Å². The molecule has 0 saturated carbocycles. The standard InChI is InChI=1S/C14H15FN2/c1-17(13-7-4-6-12(15)9-13)14-8-3-2-5-11(14)10-16/h2-9H,10,16H2,1H3. The largest absolute Gasteiger partial charge is 0.344 e. The second-order valence-electron chi connectivity index (χ2n) is 3.87. The second kappa shape index (κ2) is 4.97. The molecule has 0 aliphatic carbocycles. The van der Waals surface area contributed by atoms with Crippen LogP contribution in [0.3, 0.4) is 0 Å². The van der Waals surface area contributed by atoms with E-state index in [1.165, 1.54) is 12.1 Å². The number of para-hydroxylation sites is 1. The molecule has 0 unspecified atom stereocenters. The van der Waals surface area contributed by atoms with Gasteiger partial charge >= 0.3 is 0 Å². The zero-order chi connectivity index (χ0) is 12.3. The van der Waals surface area contributed by atoms with E-state index in [0.29, 0.717) is 6.54 Å². The van der Waals surface area contributed by atoms with E-state index in [1.54, 1.807) is 6.07 Å². The van der Waals surface area contributed by atoms with Crippen LogP contribution in [0.2, 0.25) is 0 Å². The number of nitrogens with two attached hydrogens (primary N) is 1. The van der Waals surface area contributed by atoms with E-state index in [1.807, 2.05) is 42.3 Å². The molecule has 17 heavy (non-hydrogen) atoms. The summed E-state index contributed by atoms with van der Waals surface area (Å²) in [6.07, 6.45) is 0. The Hall–Kier alpha value is -1.87. The van der Waals surface area contributed by atoms with Gasteiger partial charge in [0, 0.05) is 25.0 Å². The molecule has 2 nitrogen and oxygen atoms in total. The molecule has 0 bridgehead atoms. The highest BCUT2D eigenvalue weighted by Gasteiger charge is 2.08. The van der Waals surface area contributed by atoms with Crippen molar-refractivity contribution in [1.82, 2.24) is 0 Å². The number of hydrogen-bond acceptors (Lipinski definition) is 2. The normalized spacial score (nSPS) is 10.3. The fraction of sp³-hybridized carbons (Fsp3) is 0.143. The highest BCUT2D eigenvalue weighted by Crippen LogP contribution is 2.26. The summed E-state index contributed by atoms with van der Waals surface area (Å²) in [5.74, 6) is -0.237. The fourth-order valence-corrected chi connectivity index (χ4v) is 1.83. The van der Waals surface area contributed by atoms with E-state index in [2.05, 4.69) is 0 Å². The number of halogens is 1. The van der Waals surface area contributed by atoms with Gasteiger partial charge in [-0.25, -0.2) is 4.39 Å². The van der Waals surface area contributed by atoms with Gasteiger partial charge in [-0.2, -0.15) is 0 Å². The molecule has 2 aromatic carbocycles. The maximum atomic E-state index is 13.2. The number of rotatable bonds is 3. The molecule has 0 saturated heterocycles. The minimum Gasteiger partial charge on any atom is -0.344 e. The van der Waals surface area contributed by atoms with Gasteiger partial charge in [0.1, 0.15) is 5.82 Å². The minimum absolute atomic E-state index is 0.237. The summed E-state index contributed by atoms with van der Waals surface area (Å²) in [5, 5.41) is 0. The van der Waals surface area contributed by atoms with Gasteiger partial charge in [-0.1, -0.05) is 24.3 Å². The first-order chi connectivity index (χ1) is 8.22. The molecule has 0 aliphatic heterocycles. The molecular formula is C14H15FN2. The third-order valence-electron chi connectivity index (χ3n) is 2.77. The quantitative estimate of drug-likeness (QED) is 0.878. The van der Waals surface area contributed by atoms with Crippen molar-refractivity contribution in [3.8, 4) is 0 Å². The first-order valence-electron chi connectivity index (χ1n) is 5.49. The van der Waals surface area contributed by atoms with E-state index in [0.717, 1.165) is 16.9 Å². The van der Waals surface area contributed by atoms with Gasteiger partial charge in [-0.3, -0.25) is 0 Å². The van der Waals surface area contributed by atoms with Crippen LogP contribution in [0, 0.1) is 5.82 Å². The Bertz CT molecular complexity index is 511. The van der Waals surface area contributed by atoms with Crippen LogP contribution < -0.4 is 10.6 Å². The summed E-state index contributed by atoms with van der Waals surface area (Å²) in [6, 6.07) is 14.4. The lowest BCUT2D eigenvalue weighted by atomic mass is 10.1. The third kappa shape index (κ3) is 2.45. The molecule has 0 spiro atoms. The second-order valence-corrected chi connectivity index (χ2v) is 3.87. The van der Waals surface area contributed by atoms with Crippen molar-refractivity contribution in [2.24, 2.45) is 5.73 Å². The van der Waals surface area contributed by atoms with E-state index < -0.39 is 0 Å². The maximum Gasteiger partial charge on any atom is 0.125 e. The van der Waals surface area contributed by atoms with Gasteiger partial charge in [0.05, 0.1) is 0 Å². The lowest BCUT2D eigenvalue weighted by Gasteiger charge is -2.22. The van der Waals surface area contributed by atoms with Crippen LogP contribution in [0.4, 0.5) is 15.8 Å². The lowest BCUT2D eigenvalue weighted by molar-refractivity contribution is 0.628. The highest BCUT2D eigenvalue weighted by molar-refractivity contribution is 5.65. The van der Waals surface area contributed by atoms with Gasteiger partial charge in [-0.15, -0.1) is 0 Å². The molecule has 0 atom stereocenters. The number of nitrogens with zero attached hydrogens (tertiary/aromatic N) is 1. The molecule has 0 amide bonds. The van der Waals surface area contributed by atoms with Crippen molar-refractivity contribution < 1.29 is 4.39 Å². The molecular weight excluding hydrogens is 215 g/mol. The molecule has 0 radical (unpaired) electrons. The molecule has 88 valence electrons. The molecule has 0 heterocycles. The first-order valence-corrected chi connectivity index (χ1v) is 5.49. The van der Waals surface area contributed by atoms with E-state index >= 15 is 0 Å². The van der Waals surface area contributed by atoms with Crippen molar-refractivity contribution in [3.05, 3.63) is 59.9 Å². The highest BCUT2D eigenvalue weighted by atomic mass is 19.1. The minimum atomic E-state index is -0.237. The van der Waals surface area contributed by atoms with Crippen molar-refractivity contribution >= 4 is 11.4 Å². The van der Waals surface area contributed by atoms with Crippen LogP contribution in [0.5, 0.6) is 0 Å². The Balaban J connectivity index is 2.40. The summed E-state index contributed by atoms with van der Waals surface area (Å²) < 4.78 is 13.2. The van der Waals surface area contributed by atoms with Crippen molar-refractivity contribution in [3.63, 3.8) is 0 Å². The van der Waals surface area contributed by atoms with Crippen LogP contribution in [0.25, 0.3) is 0 Å². The van der Waals surface area contributed by atoms with Crippen LogP contribution in [-0.2, 0) is 6.54 Å². The van der Waals surface area contributed by atoms with Gasteiger partial charge in [-0.05, 0) is 29.8 Å². The predicted molar refractivity (Wildman–Crippen MR) is 68.8 cm³/mol. The topological polar surface area (TPSA) is 29.3 Å². The SMILES string of the molecule is CN(c1cccc(F)c1)c1ccccc1CN. The average molecular weight is 230 g/mol. The molecule has 2 rings (SSSR count). The molecule has 0 fully saturated rings. The zero-order valence-corrected chi connectivity index (χ0v) is 9.73.